The van der Waals surface area contributed by atoms with Gasteiger partial charge in [0.2, 0.25) is 0 Å². The van der Waals surface area contributed by atoms with Crippen molar-refractivity contribution in [3.63, 3.8) is 0 Å². The van der Waals surface area contributed by atoms with Crippen molar-refractivity contribution in [2.24, 2.45) is 4.99 Å². The zero-order valence-corrected chi connectivity index (χ0v) is 9.12. The van der Waals surface area contributed by atoms with E-state index in [2.05, 4.69) is 43.1 Å². The molecule has 0 saturated heterocycles. The Labute approximate surface area is 86.2 Å². The number of allylic oxidation sites excluding steroid dienone is 1. The van der Waals surface area contributed by atoms with Crippen LogP contribution < -0.4 is 0 Å². The van der Waals surface area contributed by atoms with Gasteiger partial charge in [-0.25, -0.2) is 0 Å². The van der Waals surface area contributed by atoms with Crippen molar-refractivity contribution in [2.75, 3.05) is 0 Å². The molecular formula is C13H17N. The average molecular weight is 187 g/mol. The molecule has 0 aromatic heterocycles. The molecule has 0 spiro atoms. The normalized spacial score (nSPS) is 12.4. The molecule has 0 unspecified atom stereocenters. The largest absolute Gasteiger partial charge is 0.266 e. The Bertz CT molecular complexity index is 348. The monoisotopic (exact) mass is 187 g/mol. The molecule has 0 aliphatic carbocycles. The maximum absolute atomic E-state index is 4.30. The number of aryl methyl sites for hydroxylation is 1. The summed E-state index contributed by atoms with van der Waals surface area (Å²) in [6, 6.07) is 8.55. The van der Waals surface area contributed by atoms with Gasteiger partial charge in [0, 0.05) is 18.3 Å². The summed E-state index contributed by atoms with van der Waals surface area (Å²) < 4.78 is 0. The minimum absolute atomic E-state index is 0.937. The lowest BCUT2D eigenvalue weighted by Gasteiger charge is -2.01. The van der Waals surface area contributed by atoms with Crippen LogP contribution in [-0.4, -0.2) is 5.71 Å². The van der Waals surface area contributed by atoms with E-state index in [1.54, 1.807) is 0 Å². The quantitative estimate of drug-likeness (QED) is 0.642. The second-order valence-corrected chi connectivity index (χ2v) is 3.51. The summed E-state index contributed by atoms with van der Waals surface area (Å²) in [6.45, 7) is 6.15. The minimum Gasteiger partial charge on any atom is -0.266 e. The molecular weight excluding hydrogens is 170 g/mol. The van der Waals surface area contributed by atoms with Crippen molar-refractivity contribution in [2.45, 2.75) is 27.2 Å². The van der Waals surface area contributed by atoms with Crippen LogP contribution >= 0.6 is 0 Å². The van der Waals surface area contributed by atoms with Crippen LogP contribution in [0.25, 0.3) is 0 Å². The first kappa shape index (κ1) is 10.7. The van der Waals surface area contributed by atoms with Gasteiger partial charge in [-0.15, -0.1) is 0 Å². The van der Waals surface area contributed by atoms with Gasteiger partial charge in [-0.05, 0) is 26.3 Å². The van der Waals surface area contributed by atoms with Gasteiger partial charge in [0.05, 0.1) is 0 Å². The van der Waals surface area contributed by atoms with E-state index in [4.69, 9.17) is 0 Å². The molecule has 0 atom stereocenters. The van der Waals surface area contributed by atoms with E-state index in [0.717, 1.165) is 12.1 Å². The molecule has 1 aromatic rings. The topological polar surface area (TPSA) is 12.4 Å². The fourth-order valence-electron chi connectivity index (χ4n) is 1.36. The summed E-state index contributed by atoms with van der Waals surface area (Å²) in [5, 5.41) is 0. The van der Waals surface area contributed by atoms with Gasteiger partial charge in [-0.3, -0.25) is 4.99 Å². The number of benzene rings is 1. The lowest BCUT2D eigenvalue weighted by molar-refractivity contribution is 1.27. The number of hydrogen-bond acceptors (Lipinski definition) is 1. The first-order valence-corrected chi connectivity index (χ1v) is 4.92. The summed E-state index contributed by atoms with van der Waals surface area (Å²) in [5.74, 6) is 0. The molecule has 0 N–H and O–H groups in total. The van der Waals surface area contributed by atoms with Crippen LogP contribution in [0.1, 0.15) is 25.0 Å². The van der Waals surface area contributed by atoms with Crippen LogP contribution in [0.3, 0.4) is 0 Å². The highest BCUT2D eigenvalue weighted by Gasteiger charge is 1.95. The highest BCUT2D eigenvalue weighted by atomic mass is 14.7. The molecule has 14 heavy (non-hydrogen) atoms. The van der Waals surface area contributed by atoms with E-state index < -0.39 is 0 Å². The SMILES string of the molecule is C/C=C\N=C(C)Cc1cccc(C)c1. The maximum Gasteiger partial charge on any atom is 0.0224 e. The molecule has 0 aliphatic heterocycles. The Morgan fingerprint density at radius 3 is 2.86 bits per heavy atom. The number of rotatable bonds is 3. The summed E-state index contributed by atoms with van der Waals surface area (Å²) in [4.78, 5) is 4.30. The molecule has 74 valence electrons. The van der Waals surface area contributed by atoms with E-state index in [1.807, 2.05) is 19.2 Å². The predicted molar refractivity (Wildman–Crippen MR) is 62.8 cm³/mol. The third-order valence-corrected chi connectivity index (χ3v) is 1.99. The highest BCUT2D eigenvalue weighted by Crippen LogP contribution is 2.05. The van der Waals surface area contributed by atoms with Crippen molar-refractivity contribution in [1.82, 2.24) is 0 Å². The molecule has 1 heteroatoms. The number of aliphatic imine (C=N–C) groups is 1. The minimum atomic E-state index is 0.937. The van der Waals surface area contributed by atoms with Crippen molar-refractivity contribution >= 4 is 5.71 Å². The molecule has 0 amide bonds. The lowest BCUT2D eigenvalue weighted by Crippen LogP contribution is -1.96. The van der Waals surface area contributed by atoms with Gasteiger partial charge in [-0.2, -0.15) is 0 Å². The van der Waals surface area contributed by atoms with Crippen LogP contribution in [0.5, 0.6) is 0 Å². The van der Waals surface area contributed by atoms with Crippen LogP contribution in [0, 0.1) is 6.92 Å². The second kappa shape index (κ2) is 5.38. The Balaban J connectivity index is 2.69. The highest BCUT2D eigenvalue weighted by molar-refractivity contribution is 5.84. The van der Waals surface area contributed by atoms with Crippen molar-refractivity contribution in [3.05, 3.63) is 47.7 Å². The van der Waals surface area contributed by atoms with Crippen LogP contribution in [0.4, 0.5) is 0 Å². The van der Waals surface area contributed by atoms with Gasteiger partial charge in [0.15, 0.2) is 0 Å². The third kappa shape index (κ3) is 3.56. The Morgan fingerprint density at radius 2 is 2.21 bits per heavy atom. The molecule has 1 nitrogen and oxygen atoms in total. The predicted octanol–water partition coefficient (Wildman–Crippen LogP) is 3.53. The second-order valence-electron chi connectivity index (χ2n) is 3.51. The van der Waals surface area contributed by atoms with Crippen molar-refractivity contribution < 1.29 is 0 Å². The van der Waals surface area contributed by atoms with E-state index in [9.17, 15) is 0 Å². The zero-order valence-electron chi connectivity index (χ0n) is 9.12. The van der Waals surface area contributed by atoms with Crippen LogP contribution in [0.15, 0.2) is 41.5 Å². The third-order valence-electron chi connectivity index (χ3n) is 1.99. The fourth-order valence-corrected chi connectivity index (χ4v) is 1.36. The molecule has 0 heterocycles. The summed E-state index contributed by atoms with van der Waals surface area (Å²) >= 11 is 0. The van der Waals surface area contributed by atoms with E-state index >= 15 is 0 Å². The molecule has 0 radical (unpaired) electrons. The van der Waals surface area contributed by atoms with Gasteiger partial charge in [0.1, 0.15) is 0 Å². The Morgan fingerprint density at radius 1 is 1.43 bits per heavy atom. The molecule has 0 fully saturated rings. The lowest BCUT2D eigenvalue weighted by atomic mass is 10.1. The molecule has 1 aromatic carbocycles. The summed E-state index contributed by atoms with van der Waals surface area (Å²) in [6.07, 6.45) is 4.72. The first-order chi connectivity index (χ1) is 6.72. The average Bonchev–Trinajstić information content (AvgIpc) is 2.15. The van der Waals surface area contributed by atoms with Crippen molar-refractivity contribution in [3.8, 4) is 0 Å². The Hall–Kier alpha value is -1.37. The van der Waals surface area contributed by atoms with Gasteiger partial charge >= 0.3 is 0 Å². The van der Waals surface area contributed by atoms with Gasteiger partial charge < -0.3 is 0 Å². The molecule has 0 aliphatic rings. The maximum atomic E-state index is 4.30. The van der Waals surface area contributed by atoms with Crippen molar-refractivity contribution in [1.29, 1.82) is 0 Å². The summed E-state index contributed by atoms with van der Waals surface area (Å²) in [7, 11) is 0. The van der Waals surface area contributed by atoms with E-state index in [1.165, 1.54) is 11.1 Å². The number of hydrogen-bond donors (Lipinski definition) is 0. The number of nitrogens with zero attached hydrogens (tertiary/aromatic N) is 1. The standard InChI is InChI=1S/C13H17N/c1-4-8-14-12(3)10-13-7-5-6-11(2)9-13/h4-9H,10H2,1-3H3/b8-4-,14-12?. The fraction of sp³-hybridized carbons (Fsp3) is 0.308. The summed E-state index contributed by atoms with van der Waals surface area (Å²) in [5.41, 5.74) is 3.78. The molecule has 0 bridgehead atoms. The zero-order chi connectivity index (χ0) is 10.4. The van der Waals surface area contributed by atoms with Gasteiger partial charge in [-0.1, -0.05) is 35.9 Å². The molecule has 1 rings (SSSR count). The first-order valence-electron chi connectivity index (χ1n) is 4.92. The van der Waals surface area contributed by atoms with E-state index in [-0.39, 0.29) is 0 Å². The Kier molecular flexibility index (Phi) is 4.11. The van der Waals surface area contributed by atoms with Crippen LogP contribution in [-0.2, 0) is 6.42 Å². The van der Waals surface area contributed by atoms with Gasteiger partial charge in [0.25, 0.3) is 0 Å². The smallest absolute Gasteiger partial charge is 0.0224 e. The van der Waals surface area contributed by atoms with Crippen LogP contribution in [0.2, 0.25) is 0 Å². The van der Waals surface area contributed by atoms with E-state index in [0.29, 0.717) is 0 Å². The molecule has 0 saturated carbocycles.